The van der Waals surface area contributed by atoms with Crippen molar-refractivity contribution in [3.05, 3.63) is 0 Å². The Kier molecular flexibility index (Phi) is 5.24. The largest absolute Gasteiger partial charge is 0.390 e. The minimum absolute atomic E-state index is 0.222. The molecule has 0 aromatic heterocycles. The third kappa shape index (κ3) is 6.51. The van der Waals surface area contributed by atoms with Crippen molar-refractivity contribution in [3.8, 4) is 0 Å². The number of halogens is 3. The van der Waals surface area contributed by atoms with Crippen LogP contribution >= 0.6 is 0 Å². The van der Waals surface area contributed by atoms with E-state index in [0.717, 1.165) is 25.7 Å². The highest BCUT2D eigenvalue weighted by atomic mass is 19.4. The molecule has 0 aliphatic heterocycles. The average Bonchev–Trinajstić information content (AvgIpc) is 2.19. The van der Waals surface area contributed by atoms with E-state index < -0.39 is 12.6 Å². The van der Waals surface area contributed by atoms with Gasteiger partial charge in [-0.1, -0.05) is 0 Å². The Bertz CT molecular complexity index is 248. The maximum absolute atomic E-state index is 11.8. The molecule has 3 N–H and O–H groups in total. The fraction of sp³-hybridized carbons (Fsp3) is 0.909. The summed E-state index contributed by atoms with van der Waals surface area (Å²) in [7, 11) is 0. The van der Waals surface area contributed by atoms with Crippen molar-refractivity contribution >= 4 is 5.91 Å². The van der Waals surface area contributed by atoms with Crippen molar-refractivity contribution < 1.29 is 18.0 Å². The second-order valence-electron chi connectivity index (χ2n) is 4.70. The second-order valence-corrected chi connectivity index (χ2v) is 4.70. The molecule has 1 amide bonds. The normalized spacial score (nSPS) is 25.6. The van der Waals surface area contributed by atoms with Gasteiger partial charge in [0.1, 0.15) is 0 Å². The van der Waals surface area contributed by atoms with Crippen molar-refractivity contribution in [2.24, 2.45) is 11.7 Å². The van der Waals surface area contributed by atoms with Crippen LogP contribution in [0, 0.1) is 5.92 Å². The van der Waals surface area contributed by atoms with Gasteiger partial charge in [-0.25, -0.2) is 0 Å². The van der Waals surface area contributed by atoms with Gasteiger partial charge >= 0.3 is 6.18 Å². The van der Waals surface area contributed by atoms with Crippen LogP contribution in [0.5, 0.6) is 0 Å². The van der Waals surface area contributed by atoms with Gasteiger partial charge in [-0.2, -0.15) is 13.2 Å². The van der Waals surface area contributed by atoms with Crippen LogP contribution in [0.3, 0.4) is 0 Å². The molecule has 1 rings (SSSR count). The molecule has 1 aliphatic rings. The Balaban J connectivity index is 2.13. The molecule has 3 nitrogen and oxygen atoms in total. The molecule has 1 saturated carbocycles. The zero-order valence-corrected chi connectivity index (χ0v) is 9.72. The zero-order chi connectivity index (χ0) is 12.9. The van der Waals surface area contributed by atoms with E-state index in [2.05, 4.69) is 5.32 Å². The van der Waals surface area contributed by atoms with Gasteiger partial charge in [0.25, 0.3) is 0 Å². The van der Waals surface area contributed by atoms with Gasteiger partial charge in [0.15, 0.2) is 0 Å². The monoisotopic (exact) mass is 252 g/mol. The fourth-order valence-electron chi connectivity index (χ4n) is 2.07. The van der Waals surface area contributed by atoms with E-state index in [-0.39, 0.29) is 24.4 Å². The molecule has 17 heavy (non-hydrogen) atoms. The first-order chi connectivity index (χ1) is 7.87. The maximum Gasteiger partial charge on any atom is 0.390 e. The Morgan fingerprint density at radius 2 is 1.82 bits per heavy atom. The maximum atomic E-state index is 11.8. The lowest BCUT2D eigenvalue weighted by atomic mass is 9.84. The van der Waals surface area contributed by atoms with Gasteiger partial charge < -0.3 is 11.1 Å². The van der Waals surface area contributed by atoms with Crippen LogP contribution < -0.4 is 11.1 Å². The third-order valence-corrected chi connectivity index (χ3v) is 3.10. The lowest BCUT2D eigenvalue weighted by Gasteiger charge is -2.25. The molecule has 0 aromatic carbocycles. The summed E-state index contributed by atoms with van der Waals surface area (Å²) in [5.74, 6) is -0.00425. The summed E-state index contributed by atoms with van der Waals surface area (Å²) in [6.07, 6.45) is -1.24. The average molecular weight is 252 g/mol. The summed E-state index contributed by atoms with van der Waals surface area (Å²) in [4.78, 5) is 11.4. The van der Waals surface area contributed by atoms with Crippen LogP contribution in [0.25, 0.3) is 0 Å². The van der Waals surface area contributed by atoms with E-state index >= 15 is 0 Å². The lowest BCUT2D eigenvalue weighted by molar-refractivity contribution is -0.135. The van der Waals surface area contributed by atoms with Gasteiger partial charge in [0, 0.05) is 19.0 Å². The topological polar surface area (TPSA) is 55.1 Å². The number of amides is 1. The quantitative estimate of drug-likeness (QED) is 0.803. The molecule has 100 valence electrons. The minimum atomic E-state index is -4.20. The highest BCUT2D eigenvalue weighted by Crippen LogP contribution is 2.25. The van der Waals surface area contributed by atoms with E-state index in [1.54, 1.807) is 0 Å². The number of alkyl halides is 3. The number of hydrogen-bond acceptors (Lipinski definition) is 2. The SMILES string of the molecule is NC1CCC(CC(=O)NCCC(F)(F)F)CC1. The van der Waals surface area contributed by atoms with Crippen LogP contribution in [0.2, 0.25) is 0 Å². The first-order valence-electron chi connectivity index (χ1n) is 5.96. The lowest BCUT2D eigenvalue weighted by Crippen LogP contribution is -2.32. The molecule has 0 atom stereocenters. The van der Waals surface area contributed by atoms with Crippen LogP contribution in [0.15, 0.2) is 0 Å². The molecule has 1 fully saturated rings. The van der Waals surface area contributed by atoms with Crippen molar-refractivity contribution in [2.45, 2.75) is 50.7 Å². The Morgan fingerprint density at radius 1 is 1.24 bits per heavy atom. The summed E-state index contributed by atoms with van der Waals surface area (Å²) in [5, 5.41) is 2.31. The van der Waals surface area contributed by atoms with Crippen molar-refractivity contribution in [3.63, 3.8) is 0 Å². The predicted octanol–water partition coefficient (Wildman–Crippen LogP) is 1.96. The van der Waals surface area contributed by atoms with Crippen LogP contribution in [0.4, 0.5) is 13.2 Å². The standard InChI is InChI=1S/C11H19F3N2O/c12-11(13,14)5-6-16-10(17)7-8-1-3-9(15)4-2-8/h8-9H,1-7,15H2,(H,16,17). The molecule has 6 heteroatoms. The summed E-state index contributed by atoms with van der Waals surface area (Å²) in [6.45, 7) is -0.325. The summed E-state index contributed by atoms with van der Waals surface area (Å²) >= 11 is 0. The van der Waals surface area contributed by atoms with Crippen LogP contribution in [-0.4, -0.2) is 24.7 Å². The van der Waals surface area contributed by atoms with Gasteiger partial charge in [-0.3, -0.25) is 4.79 Å². The molecule has 0 radical (unpaired) electrons. The van der Waals surface area contributed by atoms with Gasteiger partial charge in [-0.05, 0) is 31.6 Å². The molecule has 0 saturated heterocycles. The van der Waals surface area contributed by atoms with E-state index in [4.69, 9.17) is 5.73 Å². The number of nitrogens with one attached hydrogen (secondary N) is 1. The minimum Gasteiger partial charge on any atom is -0.356 e. The first kappa shape index (κ1) is 14.3. The number of carbonyl (C=O) groups excluding carboxylic acids is 1. The van der Waals surface area contributed by atoms with E-state index in [1.807, 2.05) is 0 Å². The van der Waals surface area contributed by atoms with Gasteiger partial charge in [-0.15, -0.1) is 0 Å². The predicted molar refractivity (Wildman–Crippen MR) is 58.2 cm³/mol. The summed E-state index contributed by atoms with van der Waals surface area (Å²) in [5.41, 5.74) is 5.73. The first-order valence-corrected chi connectivity index (χ1v) is 5.96. The smallest absolute Gasteiger partial charge is 0.356 e. The molecular weight excluding hydrogens is 233 g/mol. The fourth-order valence-corrected chi connectivity index (χ4v) is 2.07. The van der Waals surface area contributed by atoms with E-state index in [1.165, 1.54) is 0 Å². The second kappa shape index (κ2) is 6.23. The number of rotatable bonds is 4. The van der Waals surface area contributed by atoms with Crippen LogP contribution in [0.1, 0.15) is 38.5 Å². The molecule has 0 heterocycles. The summed E-state index contributed by atoms with van der Waals surface area (Å²) in [6, 6.07) is 0.222. The Labute approximate surface area is 98.9 Å². The number of hydrogen-bond donors (Lipinski definition) is 2. The van der Waals surface area contributed by atoms with E-state index in [9.17, 15) is 18.0 Å². The van der Waals surface area contributed by atoms with Gasteiger partial charge in [0.05, 0.1) is 6.42 Å². The zero-order valence-electron chi connectivity index (χ0n) is 9.72. The molecule has 1 aliphatic carbocycles. The van der Waals surface area contributed by atoms with Crippen molar-refractivity contribution in [1.29, 1.82) is 0 Å². The van der Waals surface area contributed by atoms with Gasteiger partial charge in [0.2, 0.25) is 5.91 Å². The van der Waals surface area contributed by atoms with Crippen molar-refractivity contribution in [1.82, 2.24) is 5.32 Å². The Hall–Kier alpha value is -0.780. The summed E-state index contributed by atoms with van der Waals surface area (Å²) < 4.78 is 35.5. The molecule has 0 bridgehead atoms. The molecule has 0 unspecified atom stereocenters. The van der Waals surface area contributed by atoms with Crippen molar-refractivity contribution in [2.75, 3.05) is 6.54 Å². The Morgan fingerprint density at radius 3 is 2.35 bits per heavy atom. The molecule has 0 aromatic rings. The molecule has 0 spiro atoms. The van der Waals surface area contributed by atoms with E-state index in [0.29, 0.717) is 6.42 Å². The molecular formula is C11H19F3N2O. The number of carbonyl (C=O) groups is 1. The third-order valence-electron chi connectivity index (χ3n) is 3.10. The number of nitrogens with two attached hydrogens (primary N) is 1. The highest BCUT2D eigenvalue weighted by molar-refractivity contribution is 5.76. The van der Waals surface area contributed by atoms with Crippen LogP contribution in [-0.2, 0) is 4.79 Å². The highest BCUT2D eigenvalue weighted by Gasteiger charge is 2.27.